The van der Waals surface area contributed by atoms with Crippen molar-refractivity contribution in [3.63, 3.8) is 0 Å². The molecule has 0 saturated carbocycles. The summed E-state index contributed by atoms with van der Waals surface area (Å²) in [7, 11) is 0. The molecule has 0 radical (unpaired) electrons. The number of hydrogen-bond acceptors (Lipinski definition) is 1. The molecule has 0 aliphatic carbocycles. The summed E-state index contributed by atoms with van der Waals surface area (Å²) < 4.78 is 56.8. The highest BCUT2D eigenvalue weighted by Gasteiger charge is 2.15. The van der Waals surface area contributed by atoms with Crippen LogP contribution in [0.25, 0.3) is 10.8 Å². The lowest BCUT2D eigenvalue weighted by Gasteiger charge is -2.05. The van der Waals surface area contributed by atoms with Gasteiger partial charge in [-0.3, -0.25) is 0 Å². The Morgan fingerprint density at radius 1 is 0.893 bits per heavy atom. The smallest absolute Gasteiger partial charge is 0.151 e. The third kappa shape index (κ3) is 3.61. The molecule has 28 heavy (non-hydrogen) atoms. The predicted octanol–water partition coefficient (Wildman–Crippen LogP) is 5.79. The fourth-order valence-electron chi connectivity index (χ4n) is 2.85. The zero-order valence-corrected chi connectivity index (χ0v) is 14.6. The summed E-state index contributed by atoms with van der Waals surface area (Å²) in [4.78, 5) is 0. The summed E-state index contributed by atoms with van der Waals surface area (Å²) in [5.74, 6) is 1.35. The van der Waals surface area contributed by atoms with Crippen LogP contribution in [0.4, 0.5) is 17.6 Å². The number of halogens is 4. The van der Waals surface area contributed by atoms with Gasteiger partial charge in [0.25, 0.3) is 0 Å². The highest BCUT2D eigenvalue weighted by atomic mass is 19.1. The Balaban J connectivity index is 2.10. The zero-order valence-electron chi connectivity index (χ0n) is 14.6. The Kier molecular flexibility index (Phi) is 5.47. The van der Waals surface area contributed by atoms with Crippen molar-refractivity contribution < 1.29 is 17.6 Å². The van der Waals surface area contributed by atoms with Gasteiger partial charge in [-0.1, -0.05) is 30.0 Å². The van der Waals surface area contributed by atoms with Gasteiger partial charge < -0.3 is 0 Å². The van der Waals surface area contributed by atoms with E-state index in [9.17, 15) is 17.6 Å². The van der Waals surface area contributed by atoms with E-state index in [4.69, 9.17) is 5.26 Å². The Morgan fingerprint density at radius 3 is 2.21 bits per heavy atom. The van der Waals surface area contributed by atoms with Crippen molar-refractivity contribution in [2.75, 3.05) is 0 Å². The van der Waals surface area contributed by atoms with Crippen LogP contribution in [0.1, 0.15) is 28.7 Å². The molecule has 3 aromatic rings. The van der Waals surface area contributed by atoms with Crippen LogP contribution in [-0.2, 0) is 6.42 Å². The number of rotatable bonds is 3. The van der Waals surface area contributed by atoms with E-state index in [0.717, 1.165) is 6.07 Å². The second-order valence-electron chi connectivity index (χ2n) is 6.07. The van der Waals surface area contributed by atoms with Crippen molar-refractivity contribution in [2.24, 2.45) is 0 Å². The molecule has 3 aromatic carbocycles. The summed E-state index contributed by atoms with van der Waals surface area (Å²) in [6.45, 7) is 3.57. The molecule has 0 amide bonds. The molecule has 0 unspecified atom stereocenters. The van der Waals surface area contributed by atoms with Gasteiger partial charge in [0.05, 0.1) is 5.56 Å². The maximum Gasteiger partial charge on any atom is 0.151 e. The first-order valence-electron chi connectivity index (χ1n) is 8.38. The van der Waals surface area contributed by atoms with E-state index in [1.807, 2.05) is 0 Å². The standard InChI is InChI=1S/C23H13F4N/c1-2-3-5-14-10-20(24)17(21(25)11-14)9-8-15-6-4-7-16-18(15)12-22(26)19(13-28)23(16)27/h2,4,6-7,10-12H,1,3,5H2. The molecule has 0 N–H and O–H groups in total. The molecule has 1 nitrogen and oxygen atoms in total. The van der Waals surface area contributed by atoms with Gasteiger partial charge in [-0.05, 0) is 42.7 Å². The lowest BCUT2D eigenvalue weighted by molar-refractivity contribution is 0.573. The first-order chi connectivity index (χ1) is 13.5. The lowest BCUT2D eigenvalue weighted by atomic mass is 10.0. The number of nitriles is 1. The maximum absolute atomic E-state index is 14.3. The van der Waals surface area contributed by atoms with Gasteiger partial charge in [0.2, 0.25) is 0 Å². The molecule has 0 heterocycles. The largest absolute Gasteiger partial charge is 0.206 e. The van der Waals surface area contributed by atoms with Crippen molar-refractivity contribution >= 4 is 10.8 Å². The number of nitrogens with zero attached hydrogens (tertiary/aromatic N) is 1. The molecule has 0 saturated heterocycles. The second-order valence-corrected chi connectivity index (χ2v) is 6.07. The van der Waals surface area contributed by atoms with Crippen LogP contribution < -0.4 is 0 Å². The Labute approximate surface area is 159 Å². The highest BCUT2D eigenvalue weighted by molar-refractivity contribution is 5.90. The monoisotopic (exact) mass is 379 g/mol. The van der Waals surface area contributed by atoms with Gasteiger partial charge in [-0.15, -0.1) is 6.58 Å². The van der Waals surface area contributed by atoms with Crippen molar-refractivity contribution in [2.45, 2.75) is 12.8 Å². The number of fused-ring (bicyclic) bond motifs is 1. The maximum atomic E-state index is 14.3. The Hall–Kier alpha value is -3.57. The van der Waals surface area contributed by atoms with E-state index >= 15 is 0 Å². The van der Waals surface area contributed by atoms with Crippen LogP contribution in [0.2, 0.25) is 0 Å². The Bertz CT molecular complexity index is 1170. The number of allylic oxidation sites excluding steroid dienone is 1. The average Bonchev–Trinajstić information content (AvgIpc) is 2.66. The summed E-state index contributed by atoms with van der Waals surface area (Å²) in [6.07, 6.45) is 2.69. The quantitative estimate of drug-likeness (QED) is 0.321. The first kappa shape index (κ1) is 19.2. The second kappa shape index (κ2) is 7.98. The number of hydrogen-bond donors (Lipinski definition) is 0. The van der Waals surface area contributed by atoms with Crippen LogP contribution in [0.3, 0.4) is 0 Å². The van der Waals surface area contributed by atoms with Crippen LogP contribution in [0.5, 0.6) is 0 Å². The molecule has 0 fully saturated rings. The minimum Gasteiger partial charge on any atom is -0.206 e. The summed E-state index contributed by atoms with van der Waals surface area (Å²) in [5.41, 5.74) is -0.438. The van der Waals surface area contributed by atoms with Crippen LogP contribution in [0, 0.1) is 46.4 Å². The molecular weight excluding hydrogens is 366 g/mol. The van der Waals surface area contributed by atoms with Crippen molar-refractivity contribution in [1.82, 2.24) is 0 Å². The van der Waals surface area contributed by atoms with Crippen molar-refractivity contribution in [3.05, 3.63) is 94.6 Å². The average molecular weight is 379 g/mol. The SMILES string of the molecule is C=CCCc1cc(F)c(C#Cc2cccc3c(F)c(C#N)c(F)cc23)c(F)c1. The normalized spacial score (nSPS) is 10.2. The molecule has 0 aliphatic rings. The first-order valence-corrected chi connectivity index (χ1v) is 8.38. The minimum absolute atomic E-state index is 0.00506. The molecule has 0 atom stereocenters. The molecule has 0 aromatic heterocycles. The minimum atomic E-state index is -1.02. The summed E-state index contributed by atoms with van der Waals surface area (Å²) >= 11 is 0. The zero-order chi connectivity index (χ0) is 20.3. The number of aryl methyl sites for hydroxylation is 1. The van der Waals surface area contributed by atoms with Crippen LogP contribution >= 0.6 is 0 Å². The molecule has 3 rings (SSSR count). The summed E-state index contributed by atoms with van der Waals surface area (Å²) in [5, 5.41) is 8.99. The van der Waals surface area contributed by atoms with E-state index in [0.29, 0.717) is 18.4 Å². The van der Waals surface area contributed by atoms with E-state index < -0.39 is 34.4 Å². The van der Waals surface area contributed by atoms with Crippen LogP contribution in [0.15, 0.2) is 49.1 Å². The van der Waals surface area contributed by atoms with E-state index in [1.165, 1.54) is 36.4 Å². The molecular formula is C23H13F4N. The van der Waals surface area contributed by atoms with Gasteiger partial charge in [-0.2, -0.15) is 5.26 Å². The van der Waals surface area contributed by atoms with Gasteiger partial charge in [0, 0.05) is 16.3 Å². The van der Waals surface area contributed by atoms with Crippen LogP contribution in [-0.4, -0.2) is 0 Å². The van der Waals surface area contributed by atoms with Crippen molar-refractivity contribution in [3.8, 4) is 17.9 Å². The fraction of sp³-hybridized carbons (Fsp3) is 0.0870. The predicted molar refractivity (Wildman–Crippen MR) is 99.4 cm³/mol. The molecule has 138 valence electrons. The molecule has 5 heteroatoms. The molecule has 0 aliphatic heterocycles. The van der Waals surface area contributed by atoms with E-state index in [2.05, 4.69) is 18.4 Å². The third-order valence-corrected chi connectivity index (χ3v) is 4.24. The third-order valence-electron chi connectivity index (χ3n) is 4.24. The topological polar surface area (TPSA) is 23.8 Å². The van der Waals surface area contributed by atoms with Crippen molar-refractivity contribution in [1.29, 1.82) is 5.26 Å². The number of benzene rings is 3. The fourth-order valence-corrected chi connectivity index (χ4v) is 2.85. The van der Waals surface area contributed by atoms with Gasteiger partial charge in [0.1, 0.15) is 29.1 Å². The van der Waals surface area contributed by atoms with E-state index in [-0.39, 0.29) is 16.3 Å². The lowest BCUT2D eigenvalue weighted by Crippen LogP contribution is -1.96. The van der Waals surface area contributed by atoms with Gasteiger partial charge >= 0.3 is 0 Å². The van der Waals surface area contributed by atoms with Gasteiger partial charge in [-0.25, -0.2) is 17.6 Å². The molecule has 0 bridgehead atoms. The Morgan fingerprint density at radius 2 is 1.57 bits per heavy atom. The summed E-state index contributed by atoms with van der Waals surface area (Å²) in [6, 6.07) is 9.21. The van der Waals surface area contributed by atoms with Gasteiger partial charge in [0.15, 0.2) is 5.82 Å². The molecule has 0 spiro atoms. The highest BCUT2D eigenvalue weighted by Crippen LogP contribution is 2.26. The van der Waals surface area contributed by atoms with E-state index in [1.54, 1.807) is 6.08 Å².